The van der Waals surface area contributed by atoms with Gasteiger partial charge in [-0.25, -0.2) is 9.67 Å². The number of carbonyl (C=O) groups excluding carboxylic acids is 1. The van der Waals surface area contributed by atoms with Crippen molar-refractivity contribution in [2.75, 3.05) is 19.6 Å². The topological polar surface area (TPSA) is 71.8 Å². The van der Waals surface area contributed by atoms with E-state index in [2.05, 4.69) is 21.8 Å². The quantitative estimate of drug-likeness (QED) is 0.686. The number of aryl methyl sites for hydroxylation is 1. The van der Waals surface area contributed by atoms with Crippen LogP contribution in [0.3, 0.4) is 0 Å². The highest BCUT2D eigenvalue weighted by Crippen LogP contribution is 2.25. The first-order chi connectivity index (χ1) is 13.3. The molecule has 1 aliphatic heterocycles. The van der Waals surface area contributed by atoms with Crippen LogP contribution in [0.5, 0.6) is 0 Å². The molecule has 0 fully saturated rings. The van der Waals surface area contributed by atoms with Gasteiger partial charge in [0.25, 0.3) is 5.91 Å². The molecule has 0 unspecified atom stereocenters. The van der Waals surface area contributed by atoms with Gasteiger partial charge in [0.2, 0.25) is 0 Å². The SMILES string of the molecule is CCn1ncc2c(C(=O)NCC3=CCNCC3)cc(-c3ccccc3)nc21. The largest absolute Gasteiger partial charge is 0.348 e. The second-order valence-electron chi connectivity index (χ2n) is 6.62. The van der Waals surface area contributed by atoms with E-state index in [1.54, 1.807) is 6.20 Å². The number of nitrogens with zero attached hydrogens (tertiary/aromatic N) is 3. The van der Waals surface area contributed by atoms with E-state index in [0.717, 1.165) is 41.8 Å². The van der Waals surface area contributed by atoms with Gasteiger partial charge in [0.05, 0.1) is 22.8 Å². The highest BCUT2D eigenvalue weighted by molar-refractivity contribution is 6.06. The maximum Gasteiger partial charge on any atom is 0.252 e. The van der Waals surface area contributed by atoms with Crippen LogP contribution in [-0.2, 0) is 6.54 Å². The molecule has 3 heterocycles. The van der Waals surface area contributed by atoms with Crippen molar-refractivity contribution in [1.29, 1.82) is 0 Å². The summed E-state index contributed by atoms with van der Waals surface area (Å²) in [5.74, 6) is -0.0883. The summed E-state index contributed by atoms with van der Waals surface area (Å²) in [7, 11) is 0. The molecule has 0 spiro atoms. The first-order valence-corrected chi connectivity index (χ1v) is 9.35. The van der Waals surface area contributed by atoms with Crippen LogP contribution in [0.15, 0.2) is 54.2 Å². The molecular weight excluding hydrogens is 338 g/mol. The fourth-order valence-electron chi connectivity index (χ4n) is 3.34. The van der Waals surface area contributed by atoms with E-state index in [-0.39, 0.29) is 5.91 Å². The van der Waals surface area contributed by atoms with Crippen LogP contribution in [0.1, 0.15) is 23.7 Å². The van der Waals surface area contributed by atoms with Crippen LogP contribution < -0.4 is 10.6 Å². The normalized spacial score (nSPS) is 14.2. The lowest BCUT2D eigenvalue weighted by Crippen LogP contribution is -2.29. The Hall–Kier alpha value is -2.99. The summed E-state index contributed by atoms with van der Waals surface area (Å²) in [5.41, 5.74) is 4.39. The van der Waals surface area contributed by atoms with Crippen molar-refractivity contribution in [3.05, 3.63) is 59.8 Å². The number of rotatable bonds is 5. The molecule has 4 rings (SSSR count). The summed E-state index contributed by atoms with van der Waals surface area (Å²) in [6.45, 7) is 5.13. The lowest BCUT2D eigenvalue weighted by molar-refractivity contribution is 0.0958. The van der Waals surface area contributed by atoms with Crippen molar-refractivity contribution in [2.24, 2.45) is 0 Å². The van der Waals surface area contributed by atoms with E-state index in [9.17, 15) is 4.79 Å². The number of fused-ring (bicyclic) bond motifs is 1. The third kappa shape index (κ3) is 3.61. The van der Waals surface area contributed by atoms with E-state index in [1.807, 2.05) is 48.0 Å². The smallest absolute Gasteiger partial charge is 0.252 e. The monoisotopic (exact) mass is 361 g/mol. The number of hydrogen-bond donors (Lipinski definition) is 2. The van der Waals surface area contributed by atoms with E-state index in [0.29, 0.717) is 18.7 Å². The van der Waals surface area contributed by atoms with Gasteiger partial charge < -0.3 is 10.6 Å². The van der Waals surface area contributed by atoms with Crippen LogP contribution in [0.4, 0.5) is 0 Å². The molecule has 0 saturated carbocycles. The van der Waals surface area contributed by atoms with Gasteiger partial charge in [-0.15, -0.1) is 0 Å². The first-order valence-electron chi connectivity index (χ1n) is 9.35. The molecule has 27 heavy (non-hydrogen) atoms. The maximum atomic E-state index is 13.0. The minimum absolute atomic E-state index is 0.0883. The molecule has 6 heteroatoms. The van der Waals surface area contributed by atoms with Crippen molar-refractivity contribution >= 4 is 16.9 Å². The Labute approximate surface area is 158 Å². The van der Waals surface area contributed by atoms with Crippen molar-refractivity contribution in [2.45, 2.75) is 19.9 Å². The van der Waals surface area contributed by atoms with Gasteiger partial charge >= 0.3 is 0 Å². The fourth-order valence-corrected chi connectivity index (χ4v) is 3.34. The average Bonchev–Trinajstić information content (AvgIpc) is 3.16. The van der Waals surface area contributed by atoms with Crippen molar-refractivity contribution in [3.8, 4) is 11.3 Å². The molecule has 1 amide bonds. The van der Waals surface area contributed by atoms with Gasteiger partial charge in [-0.1, -0.05) is 42.0 Å². The van der Waals surface area contributed by atoms with Crippen molar-refractivity contribution in [3.63, 3.8) is 0 Å². The summed E-state index contributed by atoms with van der Waals surface area (Å²) in [5, 5.41) is 11.5. The summed E-state index contributed by atoms with van der Waals surface area (Å²) < 4.78 is 1.83. The molecule has 2 N–H and O–H groups in total. The van der Waals surface area contributed by atoms with Crippen LogP contribution >= 0.6 is 0 Å². The zero-order valence-electron chi connectivity index (χ0n) is 15.4. The number of pyridine rings is 1. The number of amides is 1. The summed E-state index contributed by atoms with van der Waals surface area (Å²) >= 11 is 0. The predicted octanol–water partition coefficient (Wildman–Crippen LogP) is 2.77. The Kier molecular flexibility index (Phi) is 4.98. The number of carbonyl (C=O) groups is 1. The van der Waals surface area contributed by atoms with Gasteiger partial charge in [-0.05, 0) is 26.0 Å². The Morgan fingerprint density at radius 3 is 2.89 bits per heavy atom. The lowest BCUT2D eigenvalue weighted by atomic mass is 10.1. The average molecular weight is 361 g/mol. The van der Waals surface area contributed by atoms with Gasteiger partial charge in [0, 0.05) is 25.2 Å². The Morgan fingerprint density at radius 2 is 2.15 bits per heavy atom. The number of nitrogens with one attached hydrogen (secondary N) is 2. The maximum absolute atomic E-state index is 13.0. The number of benzene rings is 1. The molecule has 1 aliphatic rings. The Balaban J connectivity index is 1.70. The molecule has 0 saturated heterocycles. The van der Waals surface area contributed by atoms with Gasteiger partial charge in [-0.3, -0.25) is 4.79 Å². The second-order valence-corrected chi connectivity index (χ2v) is 6.62. The number of aromatic nitrogens is 3. The minimum Gasteiger partial charge on any atom is -0.348 e. The highest BCUT2D eigenvalue weighted by Gasteiger charge is 2.17. The lowest BCUT2D eigenvalue weighted by Gasteiger charge is -2.15. The highest BCUT2D eigenvalue weighted by atomic mass is 16.1. The second kappa shape index (κ2) is 7.72. The van der Waals surface area contributed by atoms with E-state index in [1.165, 1.54) is 5.57 Å². The van der Waals surface area contributed by atoms with E-state index >= 15 is 0 Å². The fraction of sp³-hybridized carbons (Fsp3) is 0.286. The van der Waals surface area contributed by atoms with Gasteiger partial charge in [-0.2, -0.15) is 5.10 Å². The Bertz CT molecular complexity index is 990. The van der Waals surface area contributed by atoms with Crippen LogP contribution in [0.25, 0.3) is 22.3 Å². The Morgan fingerprint density at radius 1 is 1.30 bits per heavy atom. The molecule has 0 bridgehead atoms. The summed E-state index contributed by atoms with van der Waals surface area (Å²) in [4.78, 5) is 17.7. The van der Waals surface area contributed by atoms with Crippen LogP contribution in [0.2, 0.25) is 0 Å². The third-order valence-corrected chi connectivity index (χ3v) is 4.86. The standard InChI is InChI=1S/C21H23N5O/c1-2-26-20-18(14-24-26)17(12-19(25-20)16-6-4-3-5-7-16)21(27)23-13-15-8-10-22-11-9-15/h3-8,12,14,22H,2,9-11,13H2,1H3,(H,23,27). The molecular formula is C21H23N5O. The minimum atomic E-state index is -0.0883. The van der Waals surface area contributed by atoms with Crippen molar-refractivity contribution < 1.29 is 4.79 Å². The van der Waals surface area contributed by atoms with Gasteiger partial charge in [0.1, 0.15) is 0 Å². The van der Waals surface area contributed by atoms with Gasteiger partial charge in [0.15, 0.2) is 5.65 Å². The molecule has 138 valence electrons. The molecule has 2 aromatic heterocycles. The zero-order valence-corrected chi connectivity index (χ0v) is 15.4. The van der Waals surface area contributed by atoms with E-state index in [4.69, 9.17) is 4.98 Å². The molecule has 1 aromatic carbocycles. The first kappa shape index (κ1) is 17.4. The van der Waals surface area contributed by atoms with Crippen LogP contribution in [-0.4, -0.2) is 40.3 Å². The summed E-state index contributed by atoms with van der Waals surface area (Å²) in [6, 6.07) is 11.8. The van der Waals surface area contributed by atoms with Crippen molar-refractivity contribution in [1.82, 2.24) is 25.4 Å². The molecule has 0 radical (unpaired) electrons. The molecule has 0 aliphatic carbocycles. The predicted molar refractivity (Wildman–Crippen MR) is 107 cm³/mol. The third-order valence-electron chi connectivity index (χ3n) is 4.86. The van der Waals surface area contributed by atoms with Crippen LogP contribution in [0, 0.1) is 0 Å². The number of hydrogen-bond acceptors (Lipinski definition) is 4. The summed E-state index contributed by atoms with van der Waals surface area (Å²) in [6.07, 6.45) is 4.85. The zero-order chi connectivity index (χ0) is 18.6. The van der Waals surface area contributed by atoms with E-state index < -0.39 is 0 Å². The molecule has 6 nitrogen and oxygen atoms in total. The molecule has 0 atom stereocenters. The molecule has 3 aromatic rings.